The molecule has 23 heavy (non-hydrogen) atoms. The summed E-state index contributed by atoms with van der Waals surface area (Å²) in [6.45, 7) is 0. The normalized spacial score (nSPS) is 16.4. The summed E-state index contributed by atoms with van der Waals surface area (Å²) < 4.78 is 2.17. The third-order valence-corrected chi connectivity index (χ3v) is 6.76. The molecule has 1 fully saturated rings. The molecule has 1 aromatic heterocycles. The third kappa shape index (κ3) is 3.91. The summed E-state index contributed by atoms with van der Waals surface area (Å²) in [6.07, 6.45) is 3.56. The van der Waals surface area contributed by atoms with Gasteiger partial charge < -0.3 is 10.6 Å². The molecule has 2 heterocycles. The van der Waals surface area contributed by atoms with Crippen LogP contribution in [0.4, 0.5) is 5.69 Å². The molecule has 5 nitrogen and oxygen atoms in total. The van der Waals surface area contributed by atoms with Gasteiger partial charge in [0.15, 0.2) is 0 Å². The zero-order valence-electron chi connectivity index (χ0n) is 13.2. The lowest BCUT2D eigenvalue weighted by Gasteiger charge is -2.16. The summed E-state index contributed by atoms with van der Waals surface area (Å²) in [4.78, 5) is 12.6. The van der Waals surface area contributed by atoms with E-state index in [4.69, 9.17) is 0 Å². The molecular weight excluding hydrogens is 328 g/mol. The lowest BCUT2D eigenvalue weighted by atomic mass is 10.1. The molecule has 2 aromatic rings. The maximum atomic E-state index is 12.6. The van der Waals surface area contributed by atoms with Crippen molar-refractivity contribution in [1.29, 1.82) is 0 Å². The van der Waals surface area contributed by atoms with Gasteiger partial charge in [-0.25, -0.2) is 0 Å². The van der Waals surface area contributed by atoms with Gasteiger partial charge in [0.1, 0.15) is 6.04 Å². The number of rotatable bonds is 5. The van der Waals surface area contributed by atoms with Crippen molar-refractivity contribution in [3.8, 4) is 0 Å². The first kappa shape index (κ1) is 16.4. The highest BCUT2D eigenvalue weighted by Gasteiger charge is 2.21. The van der Waals surface area contributed by atoms with Crippen molar-refractivity contribution in [1.82, 2.24) is 15.1 Å². The molecule has 0 saturated carbocycles. The van der Waals surface area contributed by atoms with Crippen LogP contribution in [0.3, 0.4) is 0 Å². The van der Waals surface area contributed by atoms with Crippen molar-refractivity contribution < 1.29 is 4.79 Å². The van der Waals surface area contributed by atoms with Crippen LogP contribution >= 0.6 is 23.5 Å². The van der Waals surface area contributed by atoms with E-state index in [1.807, 2.05) is 48.9 Å². The fourth-order valence-corrected chi connectivity index (χ4v) is 5.40. The number of hydrogen-bond acceptors (Lipinski definition) is 5. The smallest absolute Gasteiger partial charge is 0.246 e. The second kappa shape index (κ2) is 7.42. The van der Waals surface area contributed by atoms with Crippen LogP contribution in [0.5, 0.6) is 0 Å². The number of hydrogen-bond donors (Lipinski definition) is 2. The highest BCUT2D eigenvalue weighted by atomic mass is 32.2. The highest BCUT2D eigenvalue weighted by molar-refractivity contribution is 8.19. The van der Waals surface area contributed by atoms with Gasteiger partial charge in [-0.05, 0) is 24.7 Å². The largest absolute Gasteiger partial charge is 0.324 e. The second-order valence-corrected chi connectivity index (χ2v) is 8.08. The maximum absolute atomic E-state index is 12.6. The Morgan fingerprint density at radius 3 is 2.83 bits per heavy atom. The number of likely N-dealkylation sites (N-methyl/N-ethyl adjacent to an activating group) is 1. The van der Waals surface area contributed by atoms with E-state index in [0.717, 1.165) is 11.3 Å². The molecule has 3 rings (SSSR count). The fraction of sp³-hybridized carbons (Fsp3) is 0.375. The van der Waals surface area contributed by atoms with Crippen LogP contribution < -0.4 is 10.6 Å². The van der Waals surface area contributed by atoms with E-state index < -0.39 is 6.04 Å². The molecule has 122 valence electrons. The first-order valence-electron chi connectivity index (χ1n) is 7.47. The van der Waals surface area contributed by atoms with E-state index in [1.54, 1.807) is 17.9 Å². The maximum Gasteiger partial charge on any atom is 0.246 e. The summed E-state index contributed by atoms with van der Waals surface area (Å²) >= 11 is 3.92. The quantitative estimate of drug-likeness (QED) is 0.870. The summed E-state index contributed by atoms with van der Waals surface area (Å²) in [7, 11) is 3.62. The van der Waals surface area contributed by atoms with Crippen molar-refractivity contribution in [3.63, 3.8) is 0 Å². The molecule has 1 aromatic carbocycles. The molecule has 1 atom stereocenters. The molecule has 0 bridgehead atoms. The molecule has 0 aliphatic carbocycles. The Bertz CT molecular complexity index is 682. The van der Waals surface area contributed by atoms with Gasteiger partial charge in [-0.3, -0.25) is 9.48 Å². The van der Waals surface area contributed by atoms with Gasteiger partial charge in [0.05, 0.1) is 10.8 Å². The second-order valence-electron chi connectivity index (χ2n) is 5.36. The number of aromatic nitrogens is 2. The van der Waals surface area contributed by atoms with E-state index in [2.05, 4.69) is 27.9 Å². The number of nitrogens with zero attached hydrogens (tertiary/aromatic N) is 2. The summed E-state index contributed by atoms with van der Waals surface area (Å²) in [5.41, 5.74) is 2.95. The Morgan fingerprint density at radius 2 is 2.17 bits per heavy atom. The van der Waals surface area contributed by atoms with Crippen molar-refractivity contribution in [2.45, 2.75) is 10.6 Å². The number of aryl methyl sites for hydroxylation is 1. The highest BCUT2D eigenvalue weighted by Crippen LogP contribution is 2.45. The molecular formula is C16H20N4OS2. The standard InChI is InChI=1S/C16H20N4OS2/c1-17-14(12-9-18-20(2)10-12)15(21)19-13-5-3-4-11(8-13)16-22-6-7-23-16/h3-5,8-10,14,16-17H,6-7H2,1-2H3,(H,19,21). The van der Waals surface area contributed by atoms with Crippen LogP contribution in [0.2, 0.25) is 0 Å². The molecule has 1 aliphatic heterocycles. The van der Waals surface area contributed by atoms with Gasteiger partial charge in [-0.2, -0.15) is 5.10 Å². The average molecular weight is 348 g/mol. The van der Waals surface area contributed by atoms with Gasteiger partial charge in [-0.1, -0.05) is 12.1 Å². The zero-order valence-corrected chi connectivity index (χ0v) is 14.8. The molecule has 1 aliphatic rings. The Balaban J connectivity index is 1.72. The minimum Gasteiger partial charge on any atom is -0.324 e. The van der Waals surface area contributed by atoms with Gasteiger partial charge in [-0.15, -0.1) is 23.5 Å². The number of nitrogens with one attached hydrogen (secondary N) is 2. The summed E-state index contributed by atoms with van der Waals surface area (Å²) in [6, 6.07) is 7.72. The molecule has 7 heteroatoms. The van der Waals surface area contributed by atoms with Crippen LogP contribution in [0.1, 0.15) is 21.8 Å². The minimum atomic E-state index is -0.414. The Kier molecular flexibility index (Phi) is 5.30. The molecule has 0 radical (unpaired) electrons. The van der Waals surface area contributed by atoms with Crippen molar-refractivity contribution in [2.24, 2.45) is 7.05 Å². The Labute approximate surface area is 144 Å². The van der Waals surface area contributed by atoms with Crippen LogP contribution in [0, 0.1) is 0 Å². The van der Waals surface area contributed by atoms with E-state index >= 15 is 0 Å². The predicted octanol–water partition coefficient (Wildman–Crippen LogP) is 2.80. The number of amides is 1. The van der Waals surface area contributed by atoms with Crippen LogP contribution in [-0.2, 0) is 11.8 Å². The zero-order chi connectivity index (χ0) is 16.2. The lowest BCUT2D eigenvalue weighted by molar-refractivity contribution is -0.118. The van der Waals surface area contributed by atoms with Gasteiger partial charge in [0, 0.05) is 36.0 Å². The number of thioether (sulfide) groups is 2. The number of benzene rings is 1. The fourth-order valence-electron chi connectivity index (χ4n) is 2.57. The Hall–Kier alpha value is -1.44. The van der Waals surface area contributed by atoms with E-state index in [9.17, 15) is 4.79 Å². The molecule has 1 saturated heterocycles. The van der Waals surface area contributed by atoms with Crippen molar-refractivity contribution >= 4 is 35.1 Å². The number of carbonyl (C=O) groups is 1. The number of anilines is 1. The SMILES string of the molecule is CNC(C(=O)Nc1cccc(C2SCCS2)c1)c1cnn(C)c1. The Morgan fingerprint density at radius 1 is 1.39 bits per heavy atom. The topological polar surface area (TPSA) is 59.0 Å². The summed E-state index contributed by atoms with van der Waals surface area (Å²) in [5.74, 6) is 2.30. The molecule has 1 amide bonds. The van der Waals surface area contributed by atoms with Gasteiger partial charge in [0.25, 0.3) is 0 Å². The minimum absolute atomic E-state index is 0.0793. The number of carbonyl (C=O) groups excluding carboxylic acids is 1. The monoisotopic (exact) mass is 348 g/mol. The molecule has 0 spiro atoms. The van der Waals surface area contributed by atoms with Gasteiger partial charge in [0.2, 0.25) is 5.91 Å². The van der Waals surface area contributed by atoms with Crippen LogP contribution in [0.15, 0.2) is 36.7 Å². The average Bonchev–Trinajstić information content (AvgIpc) is 3.20. The third-order valence-electron chi connectivity index (χ3n) is 3.66. The van der Waals surface area contributed by atoms with E-state index in [0.29, 0.717) is 4.58 Å². The van der Waals surface area contributed by atoms with E-state index in [1.165, 1.54) is 17.1 Å². The predicted molar refractivity (Wildman–Crippen MR) is 97.7 cm³/mol. The summed E-state index contributed by atoms with van der Waals surface area (Å²) in [5, 5.41) is 10.2. The van der Waals surface area contributed by atoms with E-state index in [-0.39, 0.29) is 5.91 Å². The van der Waals surface area contributed by atoms with Crippen LogP contribution in [-0.4, -0.2) is 34.2 Å². The van der Waals surface area contributed by atoms with Gasteiger partial charge >= 0.3 is 0 Å². The van der Waals surface area contributed by atoms with Crippen LogP contribution in [0.25, 0.3) is 0 Å². The first-order valence-corrected chi connectivity index (χ1v) is 9.57. The molecule has 2 N–H and O–H groups in total. The van der Waals surface area contributed by atoms with Crippen molar-refractivity contribution in [2.75, 3.05) is 23.9 Å². The first-order chi connectivity index (χ1) is 11.2. The lowest BCUT2D eigenvalue weighted by Crippen LogP contribution is -2.30. The van der Waals surface area contributed by atoms with Crippen molar-refractivity contribution in [3.05, 3.63) is 47.8 Å². The molecule has 1 unspecified atom stereocenters.